The highest BCUT2D eigenvalue weighted by Gasteiger charge is 2.12. The Morgan fingerprint density at radius 3 is 2.45 bits per heavy atom. The Hall–Kier alpha value is -1.50. The monoisotopic (exact) mass is 286 g/mol. The molecule has 0 radical (unpaired) electrons. The van der Waals surface area contributed by atoms with E-state index in [4.69, 9.17) is 14.2 Å². The van der Waals surface area contributed by atoms with Gasteiger partial charge in [-0.1, -0.05) is 6.07 Å². The van der Waals surface area contributed by atoms with Crippen molar-refractivity contribution in [1.82, 2.24) is 0 Å². The van der Waals surface area contributed by atoms with Gasteiger partial charge in [0.15, 0.2) is 0 Å². The largest absolute Gasteiger partial charge is 0.465 e. The van der Waals surface area contributed by atoms with Crippen LogP contribution in [-0.2, 0) is 25.6 Å². The van der Waals surface area contributed by atoms with Crippen LogP contribution >= 0.6 is 0 Å². The van der Waals surface area contributed by atoms with E-state index in [1.165, 1.54) is 19.2 Å². The van der Waals surface area contributed by atoms with Gasteiger partial charge in [-0.3, -0.25) is 0 Å². The van der Waals surface area contributed by atoms with E-state index in [1.54, 1.807) is 13.2 Å². The fourth-order valence-electron chi connectivity index (χ4n) is 1.48. The van der Waals surface area contributed by atoms with Crippen molar-refractivity contribution in [2.45, 2.75) is 6.61 Å². The van der Waals surface area contributed by atoms with Crippen molar-refractivity contribution in [3.8, 4) is 0 Å². The number of hydrogen-bond donors (Lipinski definition) is 0. The van der Waals surface area contributed by atoms with E-state index >= 15 is 0 Å². The topological polar surface area (TPSA) is 54.0 Å². The summed E-state index contributed by atoms with van der Waals surface area (Å²) >= 11 is 0. The predicted octanol–water partition coefficient (Wildman–Crippen LogP) is 1.79. The molecule has 0 heterocycles. The van der Waals surface area contributed by atoms with E-state index in [9.17, 15) is 9.18 Å². The smallest absolute Gasteiger partial charge is 0.340 e. The lowest BCUT2D eigenvalue weighted by molar-refractivity contribution is 0.0199. The summed E-state index contributed by atoms with van der Waals surface area (Å²) in [5, 5.41) is 0. The van der Waals surface area contributed by atoms with Crippen molar-refractivity contribution < 1.29 is 28.1 Å². The van der Waals surface area contributed by atoms with Crippen LogP contribution in [0.2, 0.25) is 0 Å². The predicted molar refractivity (Wildman–Crippen MR) is 70.1 cm³/mol. The standard InChI is InChI=1S/C14H19FO5/c1-17-5-6-19-7-8-20-10-11-3-4-12(13(15)9-11)14(16)18-2/h3-4,9H,5-8,10H2,1-2H3. The number of carbonyl (C=O) groups excluding carboxylic acids is 1. The van der Waals surface area contributed by atoms with Crippen LogP contribution in [0.1, 0.15) is 15.9 Å². The number of rotatable bonds is 9. The highest BCUT2D eigenvalue weighted by Crippen LogP contribution is 2.12. The molecule has 0 spiro atoms. The van der Waals surface area contributed by atoms with Crippen LogP contribution in [0.5, 0.6) is 0 Å². The molecule has 6 heteroatoms. The zero-order valence-corrected chi connectivity index (χ0v) is 11.7. The Kier molecular flexibility index (Phi) is 7.79. The van der Waals surface area contributed by atoms with Gasteiger partial charge < -0.3 is 18.9 Å². The van der Waals surface area contributed by atoms with Crippen LogP contribution in [0.15, 0.2) is 18.2 Å². The Morgan fingerprint density at radius 1 is 1.10 bits per heavy atom. The first kappa shape index (κ1) is 16.6. The number of benzene rings is 1. The third kappa shape index (κ3) is 5.64. The average molecular weight is 286 g/mol. The van der Waals surface area contributed by atoms with Crippen molar-refractivity contribution in [3.05, 3.63) is 35.1 Å². The molecule has 0 aliphatic carbocycles. The van der Waals surface area contributed by atoms with Gasteiger partial charge in [0.25, 0.3) is 0 Å². The van der Waals surface area contributed by atoms with E-state index in [-0.39, 0.29) is 12.2 Å². The summed E-state index contributed by atoms with van der Waals surface area (Å²) < 4.78 is 33.4. The lowest BCUT2D eigenvalue weighted by atomic mass is 10.1. The molecular formula is C14H19FO5. The third-order valence-electron chi connectivity index (χ3n) is 2.51. The number of esters is 1. The van der Waals surface area contributed by atoms with Crippen molar-refractivity contribution >= 4 is 5.97 Å². The van der Waals surface area contributed by atoms with Crippen LogP contribution in [0.4, 0.5) is 4.39 Å². The maximum atomic E-state index is 13.6. The van der Waals surface area contributed by atoms with Gasteiger partial charge in [-0.05, 0) is 17.7 Å². The van der Waals surface area contributed by atoms with Crippen LogP contribution < -0.4 is 0 Å². The van der Waals surface area contributed by atoms with Gasteiger partial charge in [-0.25, -0.2) is 9.18 Å². The first-order chi connectivity index (χ1) is 9.69. The van der Waals surface area contributed by atoms with Gasteiger partial charge in [0.05, 0.1) is 45.7 Å². The highest BCUT2D eigenvalue weighted by atomic mass is 19.1. The Bertz CT molecular complexity index is 422. The SMILES string of the molecule is COCCOCCOCc1ccc(C(=O)OC)c(F)c1. The molecule has 0 aliphatic rings. The summed E-state index contributed by atoms with van der Waals surface area (Å²) in [5.74, 6) is -1.31. The van der Waals surface area contributed by atoms with Gasteiger partial charge >= 0.3 is 5.97 Å². The van der Waals surface area contributed by atoms with Crippen LogP contribution in [-0.4, -0.2) is 46.6 Å². The van der Waals surface area contributed by atoms with Crippen molar-refractivity contribution in [1.29, 1.82) is 0 Å². The summed E-state index contributed by atoms with van der Waals surface area (Å²) in [6, 6.07) is 4.27. The van der Waals surface area contributed by atoms with Crippen LogP contribution in [0.3, 0.4) is 0 Å². The summed E-state index contributed by atoms with van der Waals surface area (Å²) in [6.45, 7) is 2.17. The highest BCUT2D eigenvalue weighted by molar-refractivity contribution is 5.89. The molecule has 0 unspecified atom stereocenters. The Balaban J connectivity index is 2.31. The molecule has 0 aliphatic heterocycles. The normalized spacial score (nSPS) is 10.6. The number of halogens is 1. The van der Waals surface area contributed by atoms with E-state index in [1.807, 2.05) is 0 Å². The van der Waals surface area contributed by atoms with Gasteiger partial charge in [-0.15, -0.1) is 0 Å². The number of hydrogen-bond acceptors (Lipinski definition) is 5. The van der Waals surface area contributed by atoms with Crippen LogP contribution in [0, 0.1) is 5.82 Å². The van der Waals surface area contributed by atoms with E-state index in [0.717, 1.165) is 0 Å². The molecule has 112 valence electrons. The van der Waals surface area contributed by atoms with Gasteiger partial charge in [0.1, 0.15) is 5.82 Å². The first-order valence-electron chi connectivity index (χ1n) is 6.20. The molecule has 1 aromatic carbocycles. The quantitative estimate of drug-likeness (QED) is 0.512. The van der Waals surface area contributed by atoms with Gasteiger partial charge in [0.2, 0.25) is 0 Å². The molecule has 0 bridgehead atoms. The average Bonchev–Trinajstić information content (AvgIpc) is 2.45. The second-order valence-corrected chi connectivity index (χ2v) is 3.96. The maximum Gasteiger partial charge on any atom is 0.340 e. The fourth-order valence-corrected chi connectivity index (χ4v) is 1.48. The number of ether oxygens (including phenoxy) is 4. The van der Waals surface area contributed by atoms with E-state index in [0.29, 0.717) is 32.0 Å². The Morgan fingerprint density at radius 2 is 1.80 bits per heavy atom. The molecule has 0 N–H and O–H groups in total. The summed E-state index contributed by atoms with van der Waals surface area (Å²) in [7, 11) is 2.81. The minimum atomic E-state index is -0.693. The van der Waals surface area contributed by atoms with Gasteiger partial charge in [-0.2, -0.15) is 0 Å². The second-order valence-electron chi connectivity index (χ2n) is 3.96. The number of carbonyl (C=O) groups is 1. The molecule has 5 nitrogen and oxygen atoms in total. The third-order valence-corrected chi connectivity index (χ3v) is 2.51. The van der Waals surface area contributed by atoms with E-state index in [2.05, 4.69) is 4.74 Å². The zero-order chi connectivity index (χ0) is 14.8. The lowest BCUT2D eigenvalue weighted by Gasteiger charge is -2.07. The molecule has 20 heavy (non-hydrogen) atoms. The van der Waals surface area contributed by atoms with Crippen molar-refractivity contribution in [2.24, 2.45) is 0 Å². The van der Waals surface area contributed by atoms with Crippen LogP contribution in [0.25, 0.3) is 0 Å². The van der Waals surface area contributed by atoms with E-state index < -0.39 is 11.8 Å². The second kappa shape index (κ2) is 9.41. The summed E-state index contributed by atoms with van der Waals surface area (Å²) in [4.78, 5) is 11.2. The van der Waals surface area contributed by atoms with Gasteiger partial charge in [0, 0.05) is 7.11 Å². The molecule has 0 amide bonds. The first-order valence-corrected chi connectivity index (χ1v) is 6.20. The number of methoxy groups -OCH3 is 2. The molecule has 0 aromatic heterocycles. The fraction of sp³-hybridized carbons (Fsp3) is 0.500. The molecule has 0 saturated heterocycles. The zero-order valence-electron chi connectivity index (χ0n) is 11.7. The molecule has 0 fully saturated rings. The Labute approximate surface area is 117 Å². The molecule has 0 saturated carbocycles. The molecule has 1 rings (SSSR count). The minimum absolute atomic E-state index is 0.0841. The molecule has 1 aromatic rings. The minimum Gasteiger partial charge on any atom is -0.465 e. The maximum absolute atomic E-state index is 13.6. The summed E-state index contributed by atoms with van der Waals surface area (Å²) in [6.07, 6.45) is 0. The van der Waals surface area contributed by atoms with Crippen molar-refractivity contribution in [3.63, 3.8) is 0 Å². The summed E-state index contributed by atoms with van der Waals surface area (Å²) in [5.41, 5.74) is 0.561. The molecule has 0 atom stereocenters. The lowest BCUT2D eigenvalue weighted by Crippen LogP contribution is -2.09. The van der Waals surface area contributed by atoms with Crippen molar-refractivity contribution in [2.75, 3.05) is 40.6 Å². The molecular weight excluding hydrogens is 267 g/mol.